The zero-order valence-corrected chi connectivity index (χ0v) is 12.6. The molecule has 19 heavy (non-hydrogen) atoms. The third-order valence-electron chi connectivity index (χ3n) is 3.09. The van der Waals surface area contributed by atoms with Crippen molar-refractivity contribution in [3.05, 3.63) is 34.1 Å². The minimum absolute atomic E-state index is 0.0464. The lowest BCUT2D eigenvalue weighted by molar-refractivity contribution is 0.0911. The number of amides is 1. The van der Waals surface area contributed by atoms with E-state index in [0.717, 1.165) is 0 Å². The number of rotatable bonds is 2. The van der Waals surface area contributed by atoms with Crippen molar-refractivity contribution in [2.24, 2.45) is 0 Å². The average Bonchev–Trinajstić information content (AvgIpc) is 2.56. The summed E-state index contributed by atoms with van der Waals surface area (Å²) in [5, 5.41) is 2.62. The van der Waals surface area contributed by atoms with E-state index in [9.17, 15) is 17.6 Å². The second-order valence-corrected chi connectivity index (χ2v) is 8.08. The van der Waals surface area contributed by atoms with Gasteiger partial charge in [0.15, 0.2) is 9.84 Å². The lowest BCUT2D eigenvalue weighted by Crippen LogP contribution is -2.47. The van der Waals surface area contributed by atoms with Crippen LogP contribution in [0.15, 0.2) is 22.7 Å². The van der Waals surface area contributed by atoms with Crippen molar-refractivity contribution in [1.82, 2.24) is 5.32 Å². The second kappa shape index (κ2) is 4.86. The molecule has 7 heteroatoms. The highest BCUT2D eigenvalue weighted by Crippen LogP contribution is 2.24. The molecule has 1 aliphatic rings. The molecule has 0 aliphatic carbocycles. The van der Waals surface area contributed by atoms with Gasteiger partial charge in [0, 0.05) is 4.47 Å². The van der Waals surface area contributed by atoms with Crippen molar-refractivity contribution in [3.8, 4) is 0 Å². The zero-order valence-electron chi connectivity index (χ0n) is 10.2. The summed E-state index contributed by atoms with van der Waals surface area (Å²) in [7, 11) is -3.12. The molecule has 1 atom stereocenters. The van der Waals surface area contributed by atoms with E-state index in [1.807, 2.05) is 0 Å². The van der Waals surface area contributed by atoms with E-state index in [0.29, 0.717) is 10.9 Å². The highest BCUT2D eigenvalue weighted by atomic mass is 79.9. The van der Waals surface area contributed by atoms with Gasteiger partial charge in [-0.05, 0) is 31.5 Å². The van der Waals surface area contributed by atoms with Crippen molar-refractivity contribution in [1.29, 1.82) is 0 Å². The van der Waals surface area contributed by atoms with Crippen LogP contribution in [0.2, 0.25) is 0 Å². The molecule has 1 aromatic carbocycles. The molecule has 104 valence electrons. The van der Waals surface area contributed by atoms with Gasteiger partial charge >= 0.3 is 0 Å². The van der Waals surface area contributed by atoms with Crippen molar-refractivity contribution in [2.45, 2.75) is 18.9 Å². The lowest BCUT2D eigenvalue weighted by atomic mass is 10.0. The summed E-state index contributed by atoms with van der Waals surface area (Å²) in [4.78, 5) is 12.0. The number of nitrogens with one attached hydrogen (secondary N) is 1. The van der Waals surface area contributed by atoms with Gasteiger partial charge in [0.25, 0.3) is 5.91 Å². The van der Waals surface area contributed by atoms with Gasteiger partial charge in [-0.1, -0.05) is 15.9 Å². The fourth-order valence-corrected chi connectivity index (χ4v) is 4.58. The predicted molar refractivity (Wildman–Crippen MR) is 73.2 cm³/mol. The Hall–Kier alpha value is -0.950. The maximum absolute atomic E-state index is 13.6. The lowest BCUT2D eigenvalue weighted by Gasteiger charge is -2.24. The van der Waals surface area contributed by atoms with Crippen LogP contribution in [0, 0.1) is 5.82 Å². The number of hydrogen-bond donors (Lipinski definition) is 1. The van der Waals surface area contributed by atoms with Crippen molar-refractivity contribution >= 4 is 31.7 Å². The Morgan fingerprint density at radius 2 is 2.16 bits per heavy atom. The normalized spacial score (nSPS) is 25.2. The molecular weight excluding hydrogens is 337 g/mol. The molecule has 0 bridgehead atoms. The SMILES string of the molecule is CC1(NC(=O)c2cc(Br)ccc2F)CCS(=O)(=O)C1. The first-order chi connectivity index (χ1) is 8.71. The highest BCUT2D eigenvalue weighted by molar-refractivity contribution is 9.10. The Morgan fingerprint density at radius 3 is 2.74 bits per heavy atom. The van der Waals surface area contributed by atoms with Gasteiger partial charge in [0.2, 0.25) is 0 Å². The summed E-state index contributed by atoms with van der Waals surface area (Å²) in [6, 6.07) is 4.05. The van der Waals surface area contributed by atoms with Crippen LogP contribution in [0.4, 0.5) is 4.39 Å². The summed E-state index contributed by atoms with van der Waals surface area (Å²) in [5.74, 6) is -1.30. The molecule has 0 saturated carbocycles. The van der Waals surface area contributed by atoms with E-state index in [4.69, 9.17) is 0 Å². The first-order valence-corrected chi connectivity index (χ1v) is 8.30. The maximum Gasteiger partial charge on any atom is 0.254 e. The van der Waals surface area contributed by atoms with Gasteiger partial charge in [-0.3, -0.25) is 4.79 Å². The van der Waals surface area contributed by atoms with Crippen molar-refractivity contribution < 1.29 is 17.6 Å². The maximum atomic E-state index is 13.6. The second-order valence-electron chi connectivity index (χ2n) is 4.98. The Balaban J connectivity index is 2.20. The predicted octanol–water partition coefficient (Wildman–Crippen LogP) is 1.90. The van der Waals surface area contributed by atoms with Crippen LogP contribution in [-0.2, 0) is 9.84 Å². The topological polar surface area (TPSA) is 63.2 Å². The Morgan fingerprint density at radius 1 is 1.47 bits per heavy atom. The molecule has 1 amide bonds. The van der Waals surface area contributed by atoms with E-state index in [1.54, 1.807) is 6.92 Å². The number of halogens is 2. The van der Waals surface area contributed by atoms with E-state index >= 15 is 0 Å². The Labute approximate surface area is 119 Å². The molecule has 1 aromatic rings. The monoisotopic (exact) mass is 349 g/mol. The summed E-state index contributed by atoms with van der Waals surface area (Å²) in [6.45, 7) is 1.66. The van der Waals surface area contributed by atoms with Crippen molar-refractivity contribution in [3.63, 3.8) is 0 Å². The molecule has 0 spiro atoms. The number of sulfone groups is 1. The van der Waals surface area contributed by atoms with E-state index < -0.39 is 27.1 Å². The largest absolute Gasteiger partial charge is 0.346 e. The minimum atomic E-state index is -3.12. The van der Waals surface area contributed by atoms with Crippen molar-refractivity contribution in [2.75, 3.05) is 11.5 Å². The third-order valence-corrected chi connectivity index (χ3v) is 5.49. The number of carbonyl (C=O) groups is 1. The van der Waals surface area contributed by atoms with Crippen LogP contribution in [-0.4, -0.2) is 31.4 Å². The molecule has 1 N–H and O–H groups in total. The highest BCUT2D eigenvalue weighted by Gasteiger charge is 2.39. The van der Waals surface area contributed by atoms with E-state index in [1.165, 1.54) is 18.2 Å². The van der Waals surface area contributed by atoms with Crippen LogP contribution < -0.4 is 5.32 Å². The van der Waals surface area contributed by atoms with Crippen LogP contribution >= 0.6 is 15.9 Å². The first kappa shape index (κ1) is 14.5. The zero-order chi connectivity index (χ0) is 14.3. The van der Waals surface area contributed by atoms with Gasteiger partial charge in [0.1, 0.15) is 5.82 Å². The van der Waals surface area contributed by atoms with Crippen LogP contribution in [0.25, 0.3) is 0 Å². The summed E-state index contributed by atoms with van der Waals surface area (Å²) in [5.41, 5.74) is -0.926. The van der Waals surface area contributed by atoms with Gasteiger partial charge in [-0.25, -0.2) is 12.8 Å². The van der Waals surface area contributed by atoms with Gasteiger partial charge in [-0.15, -0.1) is 0 Å². The molecule has 1 saturated heterocycles. The molecule has 1 fully saturated rings. The Kier molecular flexibility index (Phi) is 3.70. The summed E-state index contributed by atoms with van der Waals surface area (Å²) in [6.07, 6.45) is 0.344. The van der Waals surface area contributed by atoms with Crippen LogP contribution in [0.5, 0.6) is 0 Å². The molecule has 0 radical (unpaired) electrons. The summed E-state index contributed by atoms with van der Waals surface area (Å²) >= 11 is 3.17. The molecule has 4 nitrogen and oxygen atoms in total. The fourth-order valence-electron chi connectivity index (χ4n) is 2.12. The minimum Gasteiger partial charge on any atom is -0.346 e. The van der Waals surface area contributed by atoms with Crippen LogP contribution in [0.1, 0.15) is 23.7 Å². The quantitative estimate of drug-likeness (QED) is 0.886. The number of benzene rings is 1. The fraction of sp³-hybridized carbons (Fsp3) is 0.417. The number of carbonyl (C=O) groups excluding carboxylic acids is 1. The number of hydrogen-bond acceptors (Lipinski definition) is 3. The molecule has 1 heterocycles. The van der Waals surface area contributed by atoms with Gasteiger partial charge in [0.05, 0.1) is 22.6 Å². The molecule has 1 aliphatic heterocycles. The van der Waals surface area contributed by atoms with Gasteiger partial charge in [-0.2, -0.15) is 0 Å². The average molecular weight is 350 g/mol. The van der Waals surface area contributed by atoms with Gasteiger partial charge < -0.3 is 5.32 Å². The standard InChI is InChI=1S/C12H13BrFNO3S/c1-12(4-5-19(17,18)7-12)15-11(16)9-6-8(13)2-3-10(9)14/h2-3,6H,4-5,7H2,1H3,(H,15,16). The van der Waals surface area contributed by atoms with E-state index in [-0.39, 0.29) is 17.1 Å². The smallest absolute Gasteiger partial charge is 0.254 e. The first-order valence-electron chi connectivity index (χ1n) is 5.69. The molecular formula is C12H13BrFNO3S. The molecule has 0 aromatic heterocycles. The van der Waals surface area contributed by atoms with E-state index in [2.05, 4.69) is 21.2 Å². The molecule has 2 rings (SSSR count). The Bertz CT molecular complexity index is 632. The summed E-state index contributed by atoms with van der Waals surface area (Å²) < 4.78 is 37.1. The van der Waals surface area contributed by atoms with Crippen LogP contribution in [0.3, 0.4) is 0 Å². The molecule has 1 unspecified atom stereocenters. The third kappa shape index (κ3) is 3.33.